The van der Waals surface area contributed by atoms with Gasteiger partial charge in [-0.3, -0.25) is 4.79 Å². The van der Waals surface area contributed by atoms with Crippen LogP contribution in [0.3, 0.4) is 0 Å². The zero-order valence-electron chi connectivity index (χ0n) is 15.2. The Morgan fingerprint density at radius 3 is 2.04 bits per heavy atom. The van der Waals surface area contributed by atoms with Crippen LogP contribution in [0, 0.1) is 0 Å². The number of nitrogens with one attached hydrogen (secondary N) is 1. The van der Waals surface area contributed by atoms with Crippen LogP contribution >= 0.6 is 0 Å². The van der Waals surface area contributed by atoms with E-state index < -0.39 is 9.84 Å². The first-order valence-electron chi connectivity index (χ1n) is 8.08. The van der Waals surface area contributed by atoms with Gasteiger partial charge in [0.25, 0.3) is 5.91 Å². The molecular weight excluding hydrogens is 352 g/mol. The van der Waals surface area contributed by atoms with E-state index in [2.05, 4.69) is 10.5 Å². The summed E-state index contributed by atoms with van der Waals surface area (Å²) in [4.78, 5) is 12.4. The smallest absolute Gasteiger partial charge is 0.271 e. The van der Waals surface area contributed by atoms with Crippen LogP contribution in [0.15, 0.2) is 58.5 Å². The molecule has 0 aliphatic rings. The lowest BCUT2D eigenvalue weighted by Crippen LogP contribution is -2.19. The molecule has 0 saturated carbocycles. The summed E-state index contributed by atoms with van der Waals surface area (Å²) in [6, 6.07) is 13.1. The van der Waals surface area contributed by atoms with Gasteiger partial charge in [0.15, 0.2) is 9.84 Å². The third-order valence-electron chi connectivity index (χ3n) is 3.51. The van der Waals surface area contributed by atoms with Gasteiger partial charge in [-0.05, 0) is 62.7 Å². The zero-order valence-corrected chi connectivity index (χ0v) is 16.0. The second-order valence-electron chi connectivity index (χ2n) is 6.13. The second kappa shape index (κ2) is 8.14. The van der Waals surface area contributed by atoms with Gasteiger partial charge >= 0.3 is 0 Å². The average molecular weight is 374 g/mol. The van der Waals surface area contributed by atoms with Gasteiger partial charge in [-0.25, -0.2) is 13.8 Å². The Bertz CT molecular complexity index is 900. The Morgan fingerprint density at radius 2 is 1.54 bits per heavy atom. The molecule has 0 radical (unpaired) electrons. The highest BCUT2D eigenvalue weighted by Crippen LogP contribution is 2.14. The summed E-state index contributed by atoms with van der Waals surface area (Å²) in [6.45, 7) is 5.59. The maximum atomic E-state index is 12.2. The number of carbonyl (C=O) groups is 1. The van der Waals surface area contributed by atoms with Gasteiger partial charge in [0.2, 0.25) is 0 Å². The van der Waals surface area contributed by atoms with E-state index >= 15 is 0 Å². The molecule has 0 aliphatic heterocycles. The maximum Gasteiger partial charge on any atom is 0.271 e. The molecule has 1 amide bonds. The number of ether oxygens (including phenoxy) is 1. The number of nitrogens with zero attached hydrogens (tertiary/aromatic N) is 1. The predicted octanol–water partition coefficient (Wildman–Crippen LogP) is 3.03. The standard InChI is InChI=1S/C19H22N2O4S/c1-13(2)25-17-9-5-16(6-10-17)19(22)21-20-14(3)15-7-11-18(12-8-15)26(4,23)24/h5-13H,1-4H3,(H,21,22)/b20-14-. The maximum absolute atomic E-state index is 12.2. The molecule has 26 heavy (non-hydrogen) atoms. The lowest BCUT2D eigenvalue weighted by atomic mass is 10.1. The van der Waals surface area contributed by atoms with Crippen molar-refractivity contribution in [2.24, 2.45) is 5.10 Å². The second-order valence-corrected chi connectivity index (χ2v) is 8.14. The molecule has 0 unspecified atom stereocenters. The molecule has 2 aromatic carbocycles. The Kier molecular flexibility index (Phi) is 6.15. The molecule has 6 nitrogen and oxygen atoms in total. The first kappa shape index (κ1) is 19.7. The van der Waals surface area contributed by atoms with E-state index in [1.54, 1.807) is 43.3 Å². The van der Waals surface area contributed by atoms with Gasteiger partial charge < -0.3 is 4.74 Å². The van der Waals surface area contributed by atoms with Crippen LogP contribution in [0.25, 0.3) is 0 Å². The number of amides is 1. The van der Waals surface area contributed by atoms with E-state index in [0.717, 1.165) is 11.8 Å². The summed E-state index contributed by atoms with van der Waals surface area (Å²) in [5, 5.41) is 4.07. The van der Waals surface area contributed by atoms with Crippen LogP contribution in [-0.4, -0.2) is 32.4 Å². The summed E-state index contributed by atoms with van der Waals surface area (Å²) < 4.78 is 28.5. The van der Waals surface area contributed by atoms with Crippen molar-refractivity contribution in [3.05, 3.63) is 59.7 Å². The van der Waals surface area contributed by atoms with Crippen LogP contribution in [0.1, 0.15) is 36.7 Å². The Hall–Kier alpha value is -2.67. The average Bonchev–Trinajstić information content (AvgIpc) is 2.59. The molecule has 0 aromatic heterocycles. The van der Waals surface area contributed by atoms with Crippen molar-refractivity contribution >= 4 is 21.5 Å². The molecule has 0 saturated heterocycles. The van der Waals surface area contributed by atoms with Crippen LogP contribution in [-0.2, 0) is 9.84 Å². The first-order valence-corrected chi connectivity index (χ1v) is 9.98. The minimum absolute atomic E-state index is 0.0658. The quantitative estimate of drug-likeness (QED) is 0.622. The van der Waals surface area contributed by atoms with Crippen molar-refractivity contribution in [1.82, 2.24) is 5.43 Å². The van der Waals surface area contributed by atoms with E-state index in [-0.39, 0.29) is 16.9 Å². The molecular formula is C19H22N2O4S. The molecule has 0 spiro atoms. The van der Waals surface area contributed by atoms with Gasteiger partial charge in [0.1, 0.15) is 5.75 Å². The summed E-state index contributed by atoms with van der Waals surface area (Å²) in [7, 11) is -3.24. The molecule has 0 atom stereocenters. The number of hydrogen-bond acceptors (Lipinski definition) is 5. The van der Waals surface area contributed by atoms with E-state index in [9.17, 15) is 13.2 Å². The number of carbonyl (C=O) groups excluding carboxylic acids is 1. The van der Waals surface area contributed by atoms with E-state index in [4.69, 9.17) is 4.74 Å². The lowest BCUT2D eigenvalue weighted by molar-refractivity contribution is 0.0955. The van der Waals surface area contributed by atoms with Crippen molar-refractivity contribution in [3.8, 4) is 5.75 Å². The number of rotatable bonds is 6. The summed E-state index contributed by atoms with van der Waals surface area (Å²) in [5.74, 6) is 0.357. The Morgan fingerprint density at radius 1 is 1.00 bits per heavy atom. The van der Waals surface area contributed by atoms with E-state index in [1.807, 2.05) is 13.8 Å². The Labute approximate surface area is 153 Å². The molecule has 0 heterocycles. The number of hydrazone groups is 1. The van der Waals surface area contributed by atoms with Gasteiger partial charge in [0, 0.05) is 11.8 Å². The molecule has 1 N–H and O–H groups in total. The summed E-state index contributed by atoms with van der Waals surface area (Å²) in [5.41, 5.74) is 4.24. The fourth-order valence-corrected chi connectivity index (χ4v) is 2.79. The van der Waals surface area contributed by atoms with Crippen molar-refractivity contribution in [2.75, 3.05) is 6.26 Å². The van der Waals surface area contributed by atoms with Gasteiger partial charge in [-0.1, -0.05) is 12.1 Å². The highest BCUT2D eigenvalue weighted by atomic mass is 32.2. The van der Waals surface area contributed by atoms with Gasteiger partial charge in [-0.15, -0.1) is 0 Å². The molecule has 0 bridgehead atoms. The van der Waals surface area contributed by atoms with Gasteiger partial charge in [-0.2, -0.15) is 5.10 Å². The van der Waals surface area contributed by atoms with Crippen molar-refractivity contribution < 1.29 is 17.9 Å². The minimum atomic E-state index is -3.24. The van der Waals surface area contributed by atoms with Crippen LogP contribution < -0.4 is 10.2 Å². The minimum Gasteiger partial charge on any atom is -0.491 e. The highest BCUT2D eigenvalue weighted by Gasteiger charge is 2.08. The molecule has 0 fully saturated rings. The predicted molar refractivity (Wildman–Crippen MR) is 101 cm³/mol. The molecule has 2 aromatic rings. The van der Waals surface area contributed by atoms with E-state index in [0.29, 0.717) is 17.0 Å². The summed E-state index contributed by atoms with van der Waals surface area (Å²) in [6.07, 6.45) is 1.22. The normalized spacial score (nSPS) is 12.1. The number of hydrogen-bond donors (Lipinski definition) is 1. The van der Waals surface area contributed by atoms with Crippen molar-refractivity contribution in [1.29, 1.82) is 0 Å². The number of sulfone groups is 1. The third kappa shape index (κ3) is 5.42. The lowest BCUT2D eigenvalue weighted by Gasteiger charge is -2.09. The topological polar surface area (TPSA) is 84.8 Å². The zero-order chi connectivity index (χ0) is 19.3. The summed E-state index contributed by atoms with van der Waals surface area (Å²) >= 11 is 0. The first-order chi connectivity index (χ1) is 12.2. The third-order valence-corrected chi connectivity index (χ3v) is 4.64. The molecule has 138 valence electrons. The largest absolute Gasteiger partial charge is 0.491 e. The SMILES string of the molecule is C/C(=N/NC(=O)c1ccc(OC(C)C)cc1)c1ccc(S(C)(=O)=O)cc1. The van der Waals surface area contributed by atoms with E-state index in [1.165, 1.54) is 12.1 Å². The van der Waals surface area contributed by atoms with Gasteiger partial charge in [0.05, 0.1) is 16.7 Å². The Balaban J connectivity index is 2.04. The molecule has 7 heteroatoms. The fourth-order valence-electron chi connectivity index (χ4n) is 2.16. The number of benzene rings is 2. The van der Waals surface area contributed by atoms with Crippen LogP contribution in [0.4, 0.5) is 0 Å². The van der Waals surface area contributed by atoms with Crippen LogP contribution in [0.5, 0.6) is 5.75 Å². The van der Waals surface area contributed by atoms with Crippen molar-refractivity contribution in [3.63, 3.8) is 0 Å². The van der Waals surface area contributed by atoms with Crippen LogP contribution in [0.2, 0.25) is 0 Å². The molecule has 2 rings (SSSR count). The monoisotopic (exact) mass is 374 g/mol. The fraction of sp³-hybridized carbons (Fsp3) is 0.263. The molecule has 0 aliphatic carbocycles. The highest BCUT2D eigenvalue weighted by molar-refractivity contribution is 7.90. The van der Waals surface area contributed by atoms with Crippen molar-refractivity contribution in [2.45, 2.75) is 31.8 Å².